The second-order valence-corrected chi connectivity index (χ2v) is 5.95. The van der Waals surface area contributed by atoms with E-state index in [9.17, 15) is 0 Å². The lowest BCUT2D eigenvalue weighted by molar-refractivity contribution is 0.0840. The Hall–Kier alpha value is -0.120. The van der Waals surface area contributed by atoms with E-state index in [1.165, 1.54) is 58.4 Å². The molecule has 3 nitrogen and oxygen atoms in total. The first-order valence-electron chi connectivity index (χ1n) is 7.17. The molecule has 2 aliphatic heterocycles. The van der Waals surface area contributed by atoms with E-state index in [4.69, 9.17) is 4.74 Å². The standard InChI is InChI=1S/C14H28N2O/c1-15-7-3-13(4-8-15)11-16-9-5-14(6-10-16)12-17-2/h13-14H,3-12H2,1-2H3. The molecule has 0 N–H and O–H groups in total. The summed E-state index contributed by atoms with van der Waals surface area (Å²) >= 11 is 0. The van der Waals surface area contributed by atoms with Gasteiger partial charge in [0, 0.05) is 20.3 Å². The molecule has 17 heavy (non-hydrogen) atoms. The molecule has 0 atom stereocenters. The van der Waals surface area contributed by atoms with E-state index in [0.29, 0.717) is 0 Å². The van der Waals surface area contributed by atoms with Gasteiger partial charge in [-0.25, -0.2) is 0 Å². The van der Waals surface area contributed by atoms with Gasteiger partial charge in [-0.3, -0.25) is 0 Å². The molecule has 0 unspecified atom stereocenters. The number of methoxy groups -OCH3 is 1. The molecule has 100 valence electrons. The topological polar surface area (TPSA) is 15.7 Å². The predicted octanol–water partition coefficient (Wildman–Crippen LogP) is 1.69. The highest BCUT2D eigenvalue weighted by Crippen LogP contribution is 2.22. The molecule has 0 saturated carbocycles. The molecule has 0 aliphatic carbocycles. The van der Waals surface area contributed by atoms with Crippen LogP contribution in [0.1, 0.15) is 25.7 Å². The molecule has 0 aromatic rings. The van der Waals surface area contributed by atoms with Crippen molar-refractivity contribution in [2.24, 2.45) is 11.8 Å². The Morgan fingerprint density at radius 3 is 2.12 bits per heavy atom. The molecule has 0 aromatic carbocycles. The quantitative estimate of drug-likeness (QED) is 0.744. The summed E-state index contributed by atoms with van der Waals surface area (Å²) in [6, 6.07) is 0. The highest BCUT2D eigenvalue weighted by molar-refractivity contribution is 4.77. The zero-order valence-corrected chi connectivity index (χ0v) is 11.5. The largest absolute Gasteiger partial charge is 0.384 e. The van der Waals surface area contributed by atoms with Gasteiger partial charge in [-0.1, -0.05) is 0 Å². The molecular weight excluding hydrogens is 212 g/mol. The fourth-order valence-corrected chi connectivity index (χ4v) is 3.18. The molecular formula is C14H28N2O. The van der Waals surface area contributed by atoms with Crippen LogP contribution in [-0.2, 0) is 4.74 Å². The van der Waals surface area contributed by atoms with Crippen LogP contribution in [0.15, 0.2) is 0 Å². The number of hydrogen-bond acceptors (Lipinski definition) is 3. The first-order valence-corrected chi connectivity index (χ1v) is 7.17. The number of rotatable bonds is 4. The third-order valence-electron chi connectivity index (χ3n) is 4.46. The van der Waals surface area contributed by atoms with Crippen molar-refractivity contribution in [2.45, 2.75) is 25.7 Å². The van der Waals surface area contributed by atoms with E-state index in [1.807, 2.05) is 7.11 Å². The Morgan fingerprint density at radius 1 is 0.941 bits per heavy atom. The van der Waals surface area contributed by atoms with Crippen LogP contribution in [0.4, 0.5) is 0 Å². The molecule has 2 rings (SSSR count). The molecule has 2 fully saturated rings. The lowest BCUT2D eigenvalue weighted by Crippen LogP contribution is -2.41. The van der Waals surface area contributed by atoms with Crippen molar-refractivity contribution in [3.05, 3.63) is 0 Å². The fraction of sp³-hybridized carbons (Fsp3) is 1.00. The third kappa shape index (κ3) is 4.23. The van der Waals surface area contributed by atoms with Crippen molar-refractivity contribution < 1.29 is 4.74 Å². The molecule has 0 bridgehead atoms. The minimum Gasteiger partial charge on any atom is -0.384 e. The van der Waals surface area contributed by atoms with Crippen LogP contribution in [0.2, 0.25) is 0 Å². The van der Waals surface area contributed by atoms with E-state index in [1.54, 1.807) is 0 Å². The average molecular weight is 240 g/mol. The van der Waals surface area contributed by atoms with Gasteiger partial charge in [0.05, 0.1) is 0 Å². The van der Waals surface area contributed by atoms with Crippen molar-refractivity contribution in [3.63, 3.8) is 0 Å². The van der Waals surface area contributed by atoms with Crippen LogP contribution in [0, 0.1) is 11.8 Å². The lowest BCUT2D eigenvalue weighted by atomic mass is 9.93. The number of piperidine rings is 2. The molecule has 0 amide bonds. The molecule has 2 heterocycles. The summed E-state index contributed by atoms with van der Waals surface area (Å²) in [5.41, 5.74) is 0. The van der Waals surface area contributed by atoms with E-state index in [-0.39, 0.29) is 0 Å². The van der Waals surface area contributed by atoms with Crippen molar-refractivity contribution in [1.29, 1.82) is 0 Å². The highest BCUT2D eigenvalue weighted by Gasteiger charge is 2.23. The smallest absolute Gasteiger partial charge is 0.0491 e. The van der Waals surface area contributed by atoms with Crippen LogP contribution < -0.4 is 0 Å². The zero-order chi connectivity index (χ0) is 12.1. The minimum absolute atomic E-state index is 0.814. The van der Waals surface area contributed by atoms with Crippen LogP contribution in [0.5, 0.6) is 0 Å². The third-order valence-corrected chi connectivity index (χ3v) is 4.46. The molecule has 0 radical (unpaired) electrons. The van der Waals surface area contributed by atoms with Crippen LogP contribution in [0.3, 0.4) is 0 Å². The SMILES string of the molecule is COCC1CCN(CC2CCN(C)CC2)CC1. The van der Waals surface area contributed by atoms with Crippen molar-refractivity contribution in [1.82, 2.24) is 9.80 Å². The normalized spacial score (nSPS) is 26.5. The van der Waals surface area contributed by atoms with Crippen LogP contribution >= 0.6 is 0 Å². The maximum atomic E-state index is 5.25. The summed E-state index contributed by atoms with van der Waals surface area (Å²) in [5.74, 6) is 1.76. The van der Waals surface area contributed by atoms with Crippen LogP contribution in [-0.4, -0.2) is 63.3 Å². The Bertz CT molecular complexity index is 206. The van der Waals surface area contributed by atoms with Crippen LogP contribution in [0.25, 0.3) is 0 Å². The van der Waals surface area contributed by atoms with Gasteiger partial charge in [0.15, 0.2) is 0 Å². The van der Waals surface area contributed by atoms with Gasteiger partial charge in [0.25, 0.3) is 0 Å². The first kappa shape index (κ1) is 13.3. The molecule has 0 spiro atoms. The van der Waals surface area contributed by atoms with Gasteiger partial charge in [0.2, 0.25) is 0 Å². The summed E-state index contributed by atoms with van der Waals surface area (Å²) in [6.45, 7) is 7.48. The lowest BCUT2D eigenvalue weighted by Gasteiger charge is -2.36. The van der Waals surface area contributed by atoms with Gasteiger partial charge in [-0.05, 0) is 70.7 Å². The summed E-state index contributed by atoms with van der Waals surface area (Å²) in [7, 11) is 4.07. The number of nitrogens with zero attached hydrogens (tertiary/aromatic N) is 2. The minimum atomic E-state index is 0.814. The predicted molar refractivity (Wildman–Crippen MR) is 71.3 cm³/mol. The fourth-order valence-electron chi connectivity index (χ4n) is 3.18. The number of ether oxygens (including phenoxy) is 1. The second-order valence-electron chi connectivity index (χ2n) is 5.95. The zero-order valence-electron chi connectivity index (χ0n) is 11.5. The maximum absolute atomic E-state index is 5.25. The molecule has 3 heteroatoms. The Labute approximate surface area is 106 Å². The molecule has 0 aromatic heterocycles. The van der Waals surface area contributed by atoms with Gasteiger partial charge in [0.1, 0.15) is 0 Å². The average Bonchev–Trinajstić information content (AvgIpc) is 2.35. The molecule has 2 saturated heterocycles. The number of likely N-dealkylation sites (tertiary alicyclic amines) is 2. The highest BCUT2D eigenvalue weighted by atomic mass is 16.5. The maximum Gasteiger partial charge on any atom is 0.0491 e. The van der Waals surface area contributed by atoms with Crippen molar-refractivity contribution in [2.75, 3.05) is 53.5 Å². The Balaban J connectivity index is 1.64. The van der Waals surface area contributed by atoms with E-state index in [2.05, 4.69) is 16.8 Å². The Morgan fingerprint density at radius 2 is 1.53 bits per heavy atom. The number of hydrogen-bond donors (Lipinski definition) is 0. The summed E-state index contributed by atoms with van der Waals surface area (Å²) < 4.78 is 5.25. The monoisotopic (exact) mass is 240 g/mol. The van der Waals surface area contributed by atoms with Crippen molar-refractivity contribution >= 4 is 0 Å². The molecule has 2 aliphatic rings. The van der Waals surface area contributed by atoms with E-state index < -0.39 is 0 Å². The van der Waals surface area contributed by atoms with Gasteiger partial charge >= 0.3 is 0 Å². The first-order chi connectivity index (χ1) is 8.28. The van der Waals surface area contributed by atoms with Gasteiger partial charge in [-0.15, -0.1) is 0 Å². The van der Waals surface area contributed by atoms with E-state index >= 15 is 0 Å². The second kappa shape index (κ2) is 6.72. The van der Waals surface area contributed by atoms with E-state index in [0.717, 1.165) is 18.4 Å². The summed E-state index contributed by atoms with van der Waals surface area (Å²) in [4.78, 5) is 5.14. The Kier molecular flexibility index (Phi) is 5.26. The summed E-state index contributed by atoms with van der Waals surface area (Å²) in [5, 5.41) is 0. The van der Waals surface area contributed by atoms with Gasteiger partial charge in [-0.2, -0.15) is 0 Å². The van der Waals surface area contributed by atoms with Gasteiger partial charge < -0.3 is 14.5 Å². The van der Waals surface area contributed by atoms with Crippen molar-refractivity contribution in [3.8, 4) is 0 Å². The summed E-state index contributed by atoms with van der Waals surface area (Å²) in [6.07, 6.45) is 5.46.